The number of ether oxygens (including phenoxy) is 1. The number of likely N-dealkylation sites (N-methyl/N-ethyl adjacent to an activating group) is 1. The van der Waals surface area contributed by atoms with E-state index in [0.717, 1.165) is 12.1 Å². The van der Waals surface area contributed by atoms with Crippen LogP contribution in [0.25, 0.3) is 0 Å². The fourth-order valence-electron chi connectivity index (χ4n) is 6.51. The smallest absolute Gasteiger partial charge is 0.418 e. The molecule has 0 aromatic carbocycles. The molecular formula is C28H44N6O11S2. The Morgan fingerprint density at radius 2 is 1.96 bits per heavy atom. The number of aliphatic carboxylic acids is 1. The molecule has 17 nitrogen and oxygen atoms in total. The maximum absolute atomic E-state index is 13.3. The first kappa shape index (κ1) is 36.9. The molecule has 2 bridgehead atoms. The zero-order chi connectivity index (χ0) is 34.8. The Morgan fingerprint density at radius 3 is 2.57 bits per heavy atom. The van der Waals surface area contributed by atoms with E-state index in [1.54, 1.807) is 0 Å². The second-order valence-corrected chi connectivity index (χ2v) is 14.8. The molecule has 6 N–H and O–H groups in total. The Bertz CT molecular complexity index is 1390. The number of thioether (sulfide) groups is 1. The lowest BCUT2D eigenvalue weighted by molar-refractivity contribution is -0.134. The summed E-state index contributed by atoms with van der Waals surface area (Å²) in [5.41, 5.74) is 0.949. The van der Waals surface area contributed by atoms with E-state index in [0.29, 0.717) is 16.5 Å². The monoisotopic (exact) mass is 704 g/mol. The van der Waals surface area contributed by atoms with Crippen molar-refractivity contribution in [3.05, 3.63) is 22.9 Å². The van der Waals surface area contributed by atoms with Crippen molar-refractivity contribution >= 4 is 45.9 Å². The number of nitrogens with zero attached hydrogens (tertiary/aromatic N) is 3. The number of carboxylic acid groups (broad SMARTS) is 1. The molecular weight excluding hydrogens is 660 g/mol. The van der Waals surface area contributed by atoms with Crippen LogP contribution < -0.4 is 16.0 Å². The molecule has 0 saturated carbocycles. The van der Waals surface area contributed by atoms with Gasteiger partial charge in [-0.25, -0.2) is 9.59 Å². The van der Waals surface area contributed by atoms with Crippen molar-refractivity contribution in [1.29, 1.82) is 0 Å². The van der Waals surface area contributed by atoms with E-state index in [4.69, 9.17) is 9.29 Å². The van der Waals surface area contributed by atoms with Crippen LogP contribution in [0.15, 0.2) is 22.9 Å². The van der Waals surface area contributed by atoms with Gasteiger partial charge in [-0.2, -0.15) is 13.5 Å². The van der Waals surface area contributed by atoms with Gasteiger partial charge in [0, 0.05) is 67.6 Å². The number of carboxylic acids is 1. The van der Waals surface area contributed by atoms with Crippen LogP contribution in [0, 0.1) is 11.8 Å². The molecule has 3 amide bonds. The minimum Gasteiger partial charge on any atom is -0.477 e. The van der Waals surface area contributed by atoms with E-state index in [-0.39, 0.29) is 62.1 Å². The van der Waals surface area contributed by atoms with Crippen molar-refractivity contribution in [2.75, 3.05) is 46.9 Å². The van der Waals surface area contributed by atoms with Crippen molar-refractivity contribution in [3.8, 4) is 0 Å². The third kappa shape index (κ3) is 8.57. The van der Waals surface area contributed by atoms with Crippen LogP contribution in [0.4, 0.5) is 4.79 Å². The van der Waals surface area contributed by atoms with E-state index in [9.17, 15) is 37.8 Å². The molecule has 0 aliphatic carbocycles. The van der Waals surface area contributed by atoms with Gasteiger partial charge in [-0.05, 0) is 26.2 Å². The maximum atomic E-state index is 13.3. The Hall–Kier alpha value is -2.94. The van der Waals surface area contributed by atoms with Gasteiger partial charge in [0.25, 0.3) is 0 Å². The maximum Gasteiger partial charge on any atom is 0.418 e. The SMILES string of the molecule is C=C([C@@H]1C[C@H](SC2=C(C(=O)O)N[C@@H]([C@H](C(=O)NCCOCC(=O)[C@@H]3CC[C@@H]4CN3C(=O)N4OS(=O)(=O)O)[C@@H](C)O)[C@H]2C)CN1)N(C)C. The fourth-order valence-corrected chi connectivity index (χ4v) is 8.35. The van der Waals surface area contributed by atoms with Crippen LogP contribution in [0.2, 0.25) is 0 Å². The van der Waals surface area contributed by atoms with E-state index < -0.39 is 64.2 Å². The number of urea groups is 1. The van der Waals surface area contributed by atoms with Crippen molar-refractivity contribution in [2.24, 2.45) is 11.8 Å². The number of aliphatic hydroxyl groups excluding tert-OH is 1. The summed E-state index contributed by atoms with van der Waals surface area (Å²) in [4.78, 5) is 54.6. The highest BCUT2D eigenvalue weighted by atomic mass is 32.3. The number of ketones is 1. The van der Waals surface area contributed by atoms with Crippen LogP contribution >= 0.6 is 11.8 Å². The number of carbonyl (C=O) groups is 4. The summed E-state index contributed by atoms with van der Waals surface area (Å²) in [6.45, 7) is 7.69. The van der Waals surface area contributed by atoms with Crippen LogP contribution in [-0.4, -0.2) is 144 Å². The number of aliphatic hydroxyl groups is 1. The van der Waals surface area contributed by atoms with E-state index >= 15 is 0 Å². The van der Waals surface area contributed by atoms with Gasteiger partial charge in [-0.1, -0.05) is 13.5 Å². The van der Waals surface area contributed by atoms with Crippen LogP contribution in [0.1, 0.15) is 33.1 Å². The molecule has 47 heavy (non-hydrogen) atoms. The Balaban J connectivity index is 1.27. The number of fused-ring (bicyclic) bond motifs is 2. The Morgan fingerprint density at radius 1 is 1.26 bits per heavy atom. The van der Waals surface area contributed by atoms with Gasteiger partial charge in [0.1, 0.15) is 12.3 Å². The molecule has 0 radical (unpaired) electrons. The van der Waals surface area contributed by atoms with E-state index in [1.165, 1.54) is 23.6 Å². The number of nitrogens with one attached hydrogen (secondary N) is 3. The molecule has 4 aliphatic heterocycles. The first-order valence-corrected chi connectivity index (χ1v) is 17.6. The average Bonchev–Trinajstić information content (AvgIpc) is 3.64. The van der Waals surface area contributed by atoms with Gasteiger partial charge in [0.15, 0.2) is 5.78 Å². The minimum absolute atomic E-state index is 0.00643. The van der Waals surface area contributed by atoms with Crippen molar-refractivity contribution < 1.29 is 51.4 Å². The van der Waals surface area contributed by atoms with Crippen molar-refractivity contribution in [2.45, 2.75) is 68.6 Å². The van der Waals surface area contributed by atoms with Gasteiger partial charge in [-0.3, -0.25) is 14.1 Å². The summed E-state index contributed by atoms with van der Waals surface area (Å²) < 4.78 is 40.9. The van der Waals surface area contributed by atoms with Crippen molar-refractivity contribution in [1.82, 2.24) is 30.8 Å². The van der Waals surface area contributed by atoms with E-state index in [1.807, 2.05) is 25.9 Å². The molecule has 19 heteroatoms. The molecule has 8 atom stereocenters. The topological polar surface area (TPSA) is 227 Å². The highest BCUT2D eigenvalue weighted by Gasteiger charge is 2.49. The van der Waals surface area contributed by atoms with Gasteiger partial charge in [0.2, 0.25) is 5.91 Å². The molecule has 264 valence electrons. The average molecular weight is 705 g/mol. The summed E-state index contributed by atoms with van der Waals surface area (Å²) in [5.74, 6) is -3.46. The molecule has 3 fully saturated rings. The summed E-state index contributed by atoms with van der Waals surface area (Å²) >= 11 is 1.46. The fraction of sp³-hybridized carbons (Fsp3) is 0.714. The lowest BCUT2D eigenvalue weighted by Crippen LogP contribution is -2.50. The molecule has 3 saturated heterocycles. The zero-order valence-corrected chi connectivity index (χ0v) is 28.4. The lowest BCUT2D eigenvalue weighted by atomic mass is 9.86. The molecule has 0 spiro atoms. The normalized spacial score (nSPS) is 28.7. The van der Waals surface area contributed by atoms with Gasteiger partial charge in [-0.15, -0.1) is 16.0 Å². The number of amides is 3. The molecule has 4 heterocycles. The first-order valence-electron chi connectivity index (χ1n) is 15.3. The summed E-state index contributed by atoms with van der Waals surface area (Å²) in [7, 11) is -1.07. The highest BCUT2D eigenvalue weighted by molar-refractivity contribution is 8.03. The molecule has 0 aromatic rings. The third-order valence-corrected chi connectivity index (χ3v) is 10.8. The number of hydroxylamine groups is 2. The number of hydrogen-bond acceptors (Lipinski definition) is 13. The van der Waals surface area contributed by atoms with E-state index in [2.05, 4.69) is 26.8 Å². The minimum atomic E-state index is -4.91. The number of hydrogen-bond donors (Lipinski definition) is 6. The number of piperidine rings is 1. The number of rotatable bonds is 16. The molecule has 4 rings (SSSR count). The second kappa shape index (κ2) is 15.1. The highest BCUT2D eigenvalue weighted by Crippen LogP contribution is 2.42. The quantitative estimate of drug-likeness (QED) is 0.0848. The largest absolute Gasteiger partial charge is 0.477 e. The Labute approximate surface area is 277 Å². The molecule has 0 aromatic heterocycles. The summed E-state index contributed by atoms with van der Waals surface area (Å²) in [6.07, 6.45) is 0.172. The van der Waals surface area contributed by atoms with Crippen LogP contribution in [-0.2, 0) is 33.8 Å². The molecule has 0 unspecified atom stereocenters. The Kier molecular flexibility index (Phi) is 11.8. The van der Waals surface area contributed by atoms with Crippen LogP contribution in [0.5, 0.6) is 0 Å². The predicted octanol–water partition coefficient (Wildman–Crippen LogP) is -0.869. The second-order valence-electron chi connectivity index (χ2n) is 12.4. The van der Waals surface area contributed by atoms with Crippen LogP contribution in [0.3, 0.4) is 0 Å². The molecule has 4 aliphatic rings. The standard InChI is InChI=1S/C28H44N6O11S2/c1-14-23(31-24(27(38)39)25(14)46-18-10-19(30-11-18)15(2)32(4)5)22(16(3)35)26(37)29-8-9-44-13-21(36)20-7-6-17-12-33(20)28(40)34(17)45-47(41,42)43/h14,16-20,22-23,30-31,35H,2,6-13H2,1,3-5H3,(H,29,37)(H,38,39)(H,41,42,43)/t14-,16-,17-,18+,19+,20+,22-,23-/m1/s1. The van der Waals surface area contributed by atoms with Gasteiger partial charge < -0.3 is 40.7 Å². The first-order chi connectivity index (χ1) is 22.0. The van der Waals surface area contributed by atoms with Gasteiger partial charge >= 0.3 is 22.4 Å². The lowest BCUT2D eigenvalue weighted by Gasteiger charge is -2.30. The summed E-state index contributed by atoms with van der Waals surface area (Å²) in [5, 5.41) is 30.3. The van der Waals surface area contributed by atoms with Crippen molar-refractivity contribution in [3.63, 3.8) is 0 Å². The number of carbonyl (C=O) groups excluding carboxylic acids is 3. The van der Waals surface area contributed by atoms with Gasteiger partial charge in [0.05, 0.1) is 30.7 Å². The summed E-state index contributed by atoms with van der Waals surface area (Å²) in [6, 6.07) is -2.96. The number of Topliss-reactive ketones (excluding diaryl/α,β-unsaturated/α-hetero) is 1. The predicted molar refractivity (Wildman–Crippen MR) is 169 cm³/mol. The zero-order valence-electron chi connectivity index (χ0n) is 26.7. The third-order valence-electron chi connectivity index (χ3n) is 8.95.